The van der Waals surface area contributed by atoms with Gasteiger partial charge in [-0.1, -0.05) is 19.1 Å². The molecule has 166 valence electrons. The quantitative estimate of drug-likeness (QED) is 0.696. The van der Waals surface area contributed by atoms with Gasteiger partial charge in [0.15, 0.2) is 0 Å². The summed E-state index contributed by atoms with van der Waals surface area (Å²) in [5.74, 6) is 2.03. The fraction of sp³-hybridized carbons (Fsp3) is 0.609. The number of carbonyl (C=O) groups excluding carboxylic acids is 1. The summed E-state index contributed by atoms with van der Waals surface area (Å²) in [5.41, 5.74) is 1.22. The van der Waals surface area contributed by atoms with E-state index in [0.717, 1.165) is 61.6 Å². The largest absolute Gasteiger partial charge is 0.416 e. The molecule has 2 atom stereocenters. The molecule has 1 aromatic carbocycles. The molecule has 3 fully saturated rings. The van der Waals surface area contributed by atoms with Gasteiger partial charge in [-0.2, -0.15) is 13.2 Å². The summed E-state index contributed by atoms with van der Waals surface area (Å²) in [4.78, 5) is 26.2. The van der Waals surface area contributed by atoms with Crippen molar-refractivity contribution < 1.29 is 18.0 Å². The van der Waals surface area contributed by atoms with E-state index < -0.39 is 11.7 Å². The Balaban J connectivity index is 1.36. The summed E-state index contributed by atoms with van der Waals surface area (Å²) < 4.78 is 38.9. The molecule has 2 saturated heterocycles. The van der Waals surface area contributed by atoms with Gasteiger partial charge in [-0.25, -0.2) is 9.79 Å². The van der Waals surface area contributed by atoms with Crippen LogP contribution in [-0.2, 0) is 6.18 Å². The van der Waals surface area contributed by atoms with Gasteiger partial charge in [0.05, 0.1) is 12.1 Å². The minimum absolute atomic E-state index is 0.0173. The van der Waals surface area contributed by atoms with Crippen LogP contribution in [-0.4, -0.2) is 60.1 Å². The first kappa shape index (κ1) is 20.5. The maximum atomic E-state index is 13.1. The van der Waals surface area contributed by atoms with Crippen LogP contribution in [0.5, 0.6) is 0 Å². The number of piperidine rings is 1. The van der Waals surface area contributed by atoms with Gasteiger partial charge in [-0.15, -0.1) is 0 Å². The van der Waals surface area contributed by atoms with E-state index >= 15 is 0 Å². The normalized spacial score (nSPS) is 27.1. The van der Waals surface area contributed by atoms with E-state index in [9.17, 15) is 18.0 Å². The van der Waals surface area contributed by atoms with E-state index in [1.54, 1.807) is 12.1 Å². The number of likely N-dealkylation sites (tertiary alicyclic amines) is 2. The summed E-state index contributed by atoms with van der Waals surface area (Å²) in [7, 11) is 0. The molecule has 0 bridgehead atoms. The zero-order chi connectivity index (χ0) is 21.8. The highest BCUT2D eigenvalue weighted by atomic mass is 19.4. The molecule has 0 aromatic heterocycles. The summed E-state index contributed by atoms with van der Waals surface area (Å²) in [6, 6.07) is 5.44. The van der Waals surface area contributed by atoms with E-state index in [2.05, 4.69) is 11.9 Å². The number of nitrogens with zero attached hydrogens (tertiary/aromatic N) is 4. The summed E-state index contributed by atoms with van der Waals surface area (Å²) in [6.45, 7) is 5.36. The van der Waals surface area contributed by atoms with Crippen LogP contribution in [0, 0.1) is 17.8 Å². The van der Waals surface area contributed by atoms with Crippen molar-refractivity contribution in [3.05, 3.63) is 35.4 Å². The lowest BCUT2D eigenvalue weighted by Gasteiger charge is -2.44. The minimum atomic E-state index is -4.35. The van der Waals surface area contributed by atoms with Crippen LogP contribution in [0.2, 0.25) is 0 Å². The molecule has 1 aromatic rings. The van der Waals surface area contributed by atoms with E-state index in [0.29, 0.717) is 31.5 Å². The van der Waals surface area contributed by atoms with E-state index in [4.69, 9.17) is 4.99 Å². The van der Waals surface area contributed by atoms with Gasteiger partial charge in [0.25, 0.3) is 0 Å². The Morgan fingerprint density at radius 3 is 2.23 bits per heavy atom. The molecule has 5 rings (SSSR count). The van der Waals surface area contributed by atoms with E-state index in [1.807, 2.05) is 9.80 Å². The molecule has 3 heterocycles. The SMILES string of the molecule is CC1CN(C(=O)N2CC(C3=NC(C4CC4)=NC3)CC(c3ccc(C(F)(F)F)cc3)C2)C1. The Hall–Kier alpha value is -2.38. The molecule has 1 aliphatic carbocycles. The van der Waals surface area contributed by atoms with Gasteiger partial charge in [0.2, 0.25) is 0 Å². The molecule has 3 aliphatic heterocycles. The maximum absolute atomic E-state index is 13.1. The van der Waals surface area contributed by atoms with Crippen LogP contribution in [0.1, 0.15) is 43.2 Å². The fourth-order valence-electron chi connectivity index (χ4n) is 4.90. The van der Waals surface area contributed by atoms with Gasteiger partial charge in [-0.3, -0.25) is 4.99 Å². The van der Waals surface area contributed by atoms with Gasteiger partial charge in [0.1, 0.15) is 5.84 Å². The Morgan fingerprint density at radius 1 is 0.968 bits per heavy atom. The van der Waals surface area contributed by atoms with Crippen LogP contribution in [0.15, 0.2) is 34.3 Å². The summed E-state index contributed by atoms with van der Waals surface area (Å²) >= 11 is 0. The van der Waals surface area contributed by atoms with Gasteiger partial charge in [-0.05, 0) is 42.9 Å². The highest BCUT2D eigenvalue weighted by molar-refractivity contribution is 6.06. The molecular weight excluding hydrogens is 405 g/mol. The molecule has 8 heteroatoms. The van der Waals surface area contributed by atoms with Crippen molar-refractivity contribution in [2.75, 3.05) is 32.7 Å². The summed E-state index contributed by atoms with van der Waals surface area (Å²) in [5, 5.41) is 0. The van der Waals surface area contributed by atoms with Crippen LogP contribution in [0.3, 0.4) is 0 Å². The Morgan fingerprint density at radius 2 is 1.61 bits per heavy atom. The standard InChI is InChI=1S/C23H27F3N4O/c1-14-10-29(11-14)22(31)30-12-17(15-4-6-19(7-5-15)23(24,25)26)8-18(13-30)20-9-27-21(28-20)16-2-3-16/h4-7,14,16-18H,2-3,8-13H2,1H3. The Bertz CT molecular complexity index is 914. The first-order chi connectivity index (χ1) is 14.8. The van der Waals surface area contributed by atoms with Crippen molar-refractivity contribution >= 4 is 17.6 Å². The molecule has 1 saturated carbocycles. The summed E-state index contributed by atoms with van der Waals surface area (Å²) in [6.07, 6.45) is -1.28. The number of hydrogen-bond acceptors (Lipinski definition) is 3. The molecule has 2 unspecified atom stereocenters. The minimum Gasteiger partial charge on any atom is -0.324 e. The second-order valence-corrected chi connectivity index (χ2v) is 9.50. The number of hydrogen-bond donors (Lipinski definition) is 0. The molecule has 4 aliphatic rings. The van der Waals surface area contributed by atoms with Gasteiger partial charge in [0, 0.05) is 49.6 Å². The molecule has 0 spiro atoms. The number of amidine groups is 1. The van der Waals surface area contributed by atoms with Crippen molar-refractivity contribution in [1.29, 1.82) is 0 Å². The lowest BCUT2D eigenvalue weighted by atomic mass is 9.82. The van der Waals surface area contributed by atoms with Crippen LogP contribution in [0.25, 0.3) is 0 Å². The third kappa shape index (κ3) is 4.21. The number of urea groups is 1. The number of amides is 2. The second-order valence-electron chi connectivity index (χ2n) is 9.50. The van der Waals surface area contributed by atoms with Crippen molar-refractivity contribution in [3.63, 3.8) is 0 Å². The first-order valence-electron chi connectivity index (χ1n) is 11.1. The van der Waals surface area contributed by atoms with Crippen molar-refractivity contribution in [2.45, 2.75) is 38.3 Å². The molecule has 5 nitrogen and oxygen atoms in total. The van der Waals surface area contributed by atoms with Crippen LogP contribution < -0.4 is 0 Å². The van der Waals surface area contributed by atoms with Crippen molar-refractivity contribution in [2.24, 2.45) is 27.7 Å². The monoisotopic (exact) mass is 432 g/mol. The average molecular weight is 432 g/mol. The molecule has 0 radical (unpaired) electrons. The lowest BCUT2D eigenvalue weighted by molar-refractivity contribution is -0.137. The van der Waals surface area contributed by atoms with Crippen molar-refractivity contribution in [3.8, 4) is 0 Å². The molecule has 31 heavy (non-hydrogen) atoms. The number of aliphatic imine (C=N–C) groups is 2. The van der Waals surface area contributed by atoms with E-state index in [-0.39, 0.29) is 17.9 Å². The number of halogens is 3. The highest BCUT2D eigenvalue weighted by Crippen LogP contribution is 2.37. The molecular formula is C23H27F3N4O. The van der Waals surface area contributed by atoms with Gasteiger partial charge >= 0.3 is 12.2 Å². The predicted octanol–water partition coefficient (Wildman–Crippen LogP) is 4.45. The lowest BCUT2D eigenvalue weighted by Crippen LogP contribution is -2.57. The topological polar surface area (TPSA) is 48.3 Å². The predicted molar refractivity (Wildman–Crippen MR) is 112 cm³/mol. The first-order valence-corrected chi connectivity index (χ1v) is 11.1. The smallest absolute Gasteiger partial charge is 0.324 e. The zero-order valence-electron chi connectivity index (χ0n) is 17.6. The van der Waals surface area contributed by atoms with E-state index in [1.165, 1.54) is 0 Å². The fourth-order valence-corrected chi connectivity index (χ4v) is 4.90. The van der Waals surface area contributed by atoms with Crippen LogP contribution >= 0.6 is 0 Å². The van der Waals surface area contributed by atoms with Crippen LogP contribution in [0.4, 0.5) is 18.0 Å². The molecule has 0 N–H and O–H groups in total. The van der Waals surface area contributed by atoms with Gasteiger partial charge < -0.3 is 9.80 Å². The number of benzene rings is 1. The average Bonchev–Trinajstić information content (AvgIpc) is 3.46. The van der Waals surface area contributed by atoms with Crippen molar-refractivity contribution in [1.82, 2.24) is 9.80 Å². The third-order valence-electron chi connectivity index (χ3n) is 6.84. The number of carbonyl (C=O) groups is 1. The second kappa shape index (κ2) is 7.64. The third-order valence-corrected chi connectivity index (χ3v) is 6.84. The Labute approximate surface area is 180 Å². The Kier molecular flexibility index (Phi) is 5.06. The highest BCUT2D eigenvalue weighted by Gasteiger charge is 2.39. The molecule has 2 amide bonds. The number of alkyl halides is 3. The maximum Gasteiger partial charge on any atom is 0.416 e. The number of rotatable bonds is 3. The zero-order valence-corrected chi connectivity index (χ0v) is 17.6.